The third-order valence-electron chi connectivity index (χ3n) is 3.14. The lowest BCUT2D eigenvalue weighted by molar-refractivity contribution is -0.118. The van der Waals surface area contributed by atoms with E-state index in [2.05, 4.69) is 19.2 Å². The number of hydrogen-bond acceptors (Lipinski definition) is 3. The second-order valence-electron chi connectivity index (χ2n) is 5.61. The predicted octanol–water partition coefficient (Wildman–Crippen LogP) is 2.56. The molecule has 0 heterocycles. The van der Waals surface area contributed by atoms with Crippen LogP contribution in [-0.4, -0.2) is 18.6 Å². The van der Waals surface area contributed by atoms with Crippen molar-refractivity contribution in [2.24, 2.45) is 17.6 Å². The van der Waals surface area contributed by atoms with Crippen molar-refractivity contribution in [1.29, 1.82) is 0 Å². The molecule has 0 radical (unpaired) electrons. The maximum atomic E-state index is 12.1. The average Bonchev–Trinajstić information content (AvgIpc) is 2.84. The molecule has 4 nitrogen and oxygen atoms in total. The molecule has 0 fully saturated rings. The van der Waals surface area contributed by atoms with Gasteiger partial charge in [0, 0.05) is 17.8 Å². The average molecular weight is 274 g/mol. The van der Waals surface area contributed by atoms with Gasteiger partial charge in [0.15, 0.2) is 0 Å². The third-order valence-corrected chi connectivity index (χ3v) is 3.14. The lowest BCUT2D eigenvalue weighted by Gasteiger charge is -2.13. The van der Waals surface area contributed by atoms with E-state index in [4.69, 9.17) is 10.5 Å². The van der Waals surface area contributed by atoms with Gasteiger partial charge in [-0.1, -0.05) is 32.1 Å². The van der Waals surface area contributed by atoms with Crippen LogP contribution in [0.15, 0.2) is 36.4 Å². The summed E-state index contributed by atoms with van der Waals surface area (Å²) < 4.78 is 5.65. The number of nitrogens with one attached hydrogen (secondary N) is 1. The van der Waals surface area contributed by atoms with Gasteiger partial charge in [-0.05, 0) is 24.5 Å². The number of ether oxygens (including phenoxy) is 1. The molecule has 0 aliphatic heterocycles. The zero-order valence-electron chi connectivity index (χ0n) is 12.0. The molecular weight excluding hydrogens is 252 g/mol. The molecule has 2 unspecified atom stereocenters. The molecule has 3 N–H and O–H groups in total. The zero-order valence-corrected chi connectivity index (χ0v) is 12.0. The Morgan fingerprint density at radius 3 is 2.90 bits per heavy atom. The Hall–Kier alpha value is -1.81. The van der Waals surface area contributed by atoms with E-state index in [0.29, 0.717) is 18.9 Å². The number of nitrogens with two attached hydrogens (primary N) is 1. The molecule has 0 saturated heterocycles. The van der Waals surface area contributed by atoms with Crippen LogP contribution in [0.1, 0.15) is 20.3 Å². The summed E-state index contributed by atoms with van der Waals surface area (Å²) >= 11 is 0. The Morgan fingerprint density at radius 2 is 2.25 bits per heavy atom. The van der Waals surface area contributed by atoms with Gasteiger partial charge >= 0.3 is 0 Å². The second kappa shape index (κ2) is 6.57. The molecule has 1 aliphatic carbocycles. The van der Waals surface area contributed by atoms with Crippen LogP contribution in [0, 0.1) is 11.8 Å². The fourth-order valence-electron chi connectivity index (χ4n) is 2.08. The first-order chi connectivity index (χ1) is 9.54. The van der Waals surface area contributed by atoms with E-state index in [1.807, 2.05) is 36.4 Å². The molecule has 0 bridgehead atoms. The number of rotatable bonds is 5. The van der Waals surface area contributed by atoms with E-state index in [-0.39, 0.29) is 17.9 Å². The zero-order chi connectivity index (χ0) is 14.5. The number of carbonyl (C=O) groups is 1. The van der Waals surface area contributed by atoms with Gasteiger partial charge in [-0.15, -0.1) is 0 Å². The van der Waals surface area contributed by atoms with Crippen LogP contribution in [0.3, 0.4) is 0 Å². The van der Waals surface area contributed by atoms with Crippen molar-refractivity contribution in [1.82, 2.24) is 0 Å². The molecule has 1 amide bonds. The highest BCUT2D eigenvalue weighted by molar-refractivity contribution is 5.94. The Kier molecular flexibility index (Phi) is 4.79. The van der Waals surface area contributed by atoms with E-state index >= 15 is 0 Å². The van der Waals surface area contributed by atoms with Gasteiger partial charge in [0.1, 0.15) is 5.75 Å². The van der Waals surface area contributed by atoms with Gasteiger partial charge in [0.25, 0.3) is 0 Å². The van der Waals surface area contributed by atoms with E-state index in [9.17, 15) is 4.79 Å². The number of benzene rings is 1. The Bertz CT molecular complexity index is 497. The molecule has 2 atom stereocenters. The van der Waals surface area contributed by atoms with Gasteiger partial charge in [-0.2, -0.15) is 0 Å². The first-order valence-electron chi connectivity index (χ1n) is 7.02. The first-order valence-corrected chi connectivity index (χ1v) is 7.02. The van der Waals surface area contributed by atoms with Gasteiger partial charge in [0.05, 0.1) is 12.5 Å². The summed E-state index contributed by atoms with van der Waals surface area (Å²) in [7, 11) is 0. The molecule has 1 aromatic rings. The largest absolute Gasteiger partial charge is 0.493 e. The maximum Gasteiger partial charge on any atom is 0.231 e. The number of amides is 1. The molecule has 1 aromatic carbocycles. The lowest BCUT2D eigenvalue weighted by Crippen LogP contribution is -2.23. The summed E-state index contributed by atoms with van der Waals surface area (Å²) in [5.41, 5.74) is 6.52. The summed E-state index contributed by atoms with van der Waals surface area (Å²) in [6.07, 6.45) is 4.43. The van der Waals surface area contributed by atoms with Crippen molar-refractivity contribution in [3.63, 3.8) is 0 Å². The normalized spacial score (nSPS) is 21.2. The Balaban J connectivity index is 1.94. The number of hydrogen-bond donors (Lipinski definition) is 2. The van der Waals surface area contributed by atoms with Crippen LogP contribution < -0.4 is 15.8 Å². The molecular formula is C16H22N2O2. The summed E-state index contributed by atoms with van der Waals surface area (Å²) in [5.74, 6) is 1.09. The van der Waals surface area contributed by atoms with Gasteiger partial charge in [-0.3, -0.25) is 4.79 Å². The highest BCUT2D eigenvalue weighted by Crippen LogP contribution is 2.21. The fraction of sp³-hybridized carbons (Fsp3) is 0.438. The quantitative estimate of drug-likeness (QED) is 0.811. The second-order valence-corrected chi connectivity index (χ2v) is 5.61. The van der Waals surface area contributed by atoms with Crippen LogP contribution in [0.2, 0.25) is 0 Å². The van der Waals surface area contributed by atoms with Crippen molar-refractivity contribution in [2.75, 3.05) is 11.9 Å². The van der Waals surface area contributed by atoms with E-state index in [1.165, 1.54) is 0 Å². The standard InChI is InChI=1S/C16H22N2O2/c1-11(2)10-20-15-5-3-4-14(9-15)18-16(19)12-6-7-13(17)8-12/h3-7,9,11-13H,8,10,17H2,1-2H3,(H,18,19). The molecule has 4 heteroatoms. The van der Waals surface area contributed by atoms with Crippen LogP contribution in [-0.2, 0) is 4.79 Å². The summed E-state index contributed by atoms with van der Waals surface area (Å²) in [6, 6.07) is 7.47. The van der Waals surface area contributed by atoms with Crippen molar-refractivity contribution < 1.29 is 9.53 Å². The first kappa shape index (κ1) is 14.6. The number of anilines is 1. The van der Waals surface area contributed by atoms with Crippen LogP contribution in [0.5, 0.6) is 5.75 Å². The minimum absolute atomic E-state index is 0.00791. The van der Waals surface area contributed by atoms with Crippen molar-refractivity contribution in [3.8, 4) is 5.75 Å². The predicted molar refractivity (Wildman–Crippen MR) is 80.6 cm³/mol. The smallest absolute Gasteiger partial charge is 0.231 e. The molecule has 0 spiro atoms. The Labute approximate surface area is 120 Å². The van der Waals surface area contributed by atoms with Crippen LogP contribution in [0.25, 0.3) is 0 Å². The maximum absolute atomic E-state index is 12.1. The monoisotopic (exact) mass is 274 g/mol. The summed E-state index contributed by atoms with van der Waals surface area (Å²) in [5, 5.41) is 2.91. The minimum Gasteiger partial charge on any atom is -0.493 e. The van der Waals surface area contributed by atoms with E-state index in [0.717, 1.165) is 11.4 Å². The summed E-state index contributed by atoms with van der Waals surface area (Å²) in [4.78, 5) is 12.1. The van der Waals surface area contributed by atoms with Gasteiger partial charge < -0.3 is 15.8 Å². The minimum atomic E-state index is -0.134. The molecule has 1 aliphatic rings. The molecule has 2 rings (SSSR count). The van der Waals surface area contributed by atoms with Crippen molar-refractivity contribution in [2.45, 2.75) is 26.3 Å². The van der Waals surface area contributed by atoms with E-state index in [1.54, 1.807) is 0 Å². The number of carbonyl (C=O) groups excluding carboxylic acids is 1. The van der Waals surface area contributed by atoms with Crippen molar-refractivity contribution >= 4 is 11.6 Å². The molecule has 0 saturated carbocycles. The third kappa shape index (κ3) is 4.10. The molecule has 20 heavy (non-hydrogen) atoms. The lowest BCUT2D eigenvalue weighted by atomic mass is 10.1. The topological polar surface area (TPSA) is 64.3 Å². The molecule has 108 valence electrons. The fourth-order valence-corrected chi connectivity index (χ4v) is 2.08. The van der Waals surface area contributed by atoms with Gasteiger partial charge in [-0.25, -0.2) is 0 Å². The van der Waals surface area contributed by atoms with E-state index < -0.39 is 0 Å². The van der Waals surface area contributed by atoms with Crippen molar-refractivity contribution in [3.05, 3.63) is 36.4 Å². The van der Waals surface area contributed by atoms with Crippen LogP contribution >= 0.6 is 0 Å². The highest BCUT2D eigenvalue weighted by Gasteiger charge is 2.22. The highest BCUT2D eigenvalue weighted by atomic mass is 16.5. The molecule has 0 aromatic heterocycles. The Morgan fingerprint density at radius 1 is 1.45 bits per heavy atom. The SMILES string of the molecule is CC(C)COc1cccc(NC(=O)C2C=CC(N)C2)c1. The van der Waals surface area contributed by atoms with Gasteiger partial charge in [0.2, 0.25) is 5.91 Å². The van der Waals surface area contributed by atoms with Crippen LogP contribution in [0.4, 0.5) is 5.69 Å². The summed E-state index contributed by atoms with van der Waals surface area (Å²) in [6.45, 7) is 4.86.